The summed E-state index contributed by atoms with van der Waals surface area (Å²) in [5, 5.41) is -0.0746. The monoisotopic (exact) mass is 334 g/mol. The van der Waals surface area contributed by atoms with Crippen LogP contribution in [0, 0.1) is 0 Å². The van der Waals surface area contributed by atoms with E-state index in [2.05, 4.69) is 0 Å². The second kappa shape index (κ2) is 9.56. The fourth-order valence-corrected chi connectivity index (χ4v) is 9.34. The molecule has 0 aromatic carbocycles. The highest BCUT2D eigenvalue weighted by molar-refractivity contribution is 8.99. The molecule has 0 aliphatic rings. The van der Waals surface area contributed by atoms with Crippen molar-refractivity contribution in [2.75, 3.05) is 18.1 Å². The smallest absolute Gasteiger partial charge is 0.352 e. The van der Waals surface area contributed by atoms with Crippen LogP contribution in [-0.4, -0.2) is 24.1 Å². The molecule has 8 heteroatoms. The maximum Gasteiger partial charge on any atom is 0.352 e. The third kappa shape index (κ3) is 7.62. The number of hydrogen-bond donors (Lipinski definition) is 0. The lowest BCUT2D eigenvalue weighted by Gasteiger charge is -2.18. The lowest BCUT2D eigenvalue weighted by atomic mass is 10.6. The van der Waals surface area contributed by atoms with E-state index in [1.54, 1.807) is 29.7 Å². The Hall–Kier alpha value is 0.650. The topological polar surface area (TPSA) is 35.5 Å². The second-order valence-electron chi connectivity index (χ2n) is 2.57. The predicted octanol–water partition coefficient (Wildman–Crippen LogP) is 4.38. The molecule has 17 heavy (non-hydrogen) atoms. The third-order valence-electron chi connectivity index (χ3n) is 1.33. The molecular formula is C9H16ClO3PS3. The average Bonchev–Trinajstić information content (AvgIpc) is 2.27. The Kier molecular flexibility index (Phi) is 9.93. The summed E-state index contributed by atoms with van der Waals surface area (Å²) >= 11 is 14.3. The van der Waals surface area contributed by atoms with Gasteiger partial charge in [0.15, 0.2) is 5.03 Å². The van der Waals surface area contributed by atoms with E-state index >= 15 is 0 Å². The van der Waals surface area contributed by atoms with Gasteiger partial charge in [0.2, 0.25) is 4.67 Å². The van der Waals surface area contributed by atoms with Gasteiger partial charge in [-0.05, 0) is 30.2 Å². The normalized spacial score (nSPS) is 12.4. The van der Waals surface area contributed by atoms with Crippen molar-refractivity contribution in [2.45, 2.75) is 20.8 Å². The Bertz CT molecular complexity index is 313. The van der Waals surface area contributed by atoms with E-state index < -0.39 is 10.6 Å². The highest BCUT2D eigenvalue weighted by Gasteiger charge is 2.18. The van der Waals surface area contributed by atoms with Gasteiger partial charge >= 0.3 is 5.97 Å². The zero-order valence-corrected chi connectivity index (χ0v) is 14.1. The molecule has 0 aromatic rings. The molecule has 0 aliphatic heterocycles. The molecule has 0 spiro atoms. The molecule has 0 rings (SSSR count). The van der Waals surface area contributed by atoms with E-state index in [0.29, 0.717) is 0 Å². The van der Waals surface area contributed by atoms with Crippen molar-refractivity contribution in [1.82, 2.24) is 0 Å². The van der Waals surface area contributed by atoms with Crippen LogP contribution in [0.1, 0.15) is 20.8 Å². The minimum absolute atomic E-state index is 0.0746. The summed E-state index contributed by atoms with van der Waals surface area (Å²) in [6, 6.07) is 0. The number of halogens is 1. The summed E-state index contributed by atoms with van der Waals surface area (Å²) in [5.74, 6) is 1.16. The van der Waals surface area contributed by atoms with Gasteiger partial charge in [-0.3, -0.25) is 0 Å². The number of esters is 1. The minimum atomic E-state index is -2.03. The lowest BCUT2D eigenvalue weighted by molar-refractivity contribution is -0.137. The van der Waals surface area contributed by atoms with Crippen molar-refractivity contribution in [2.24, 2.45) is 0 Å². The fraction of sp³-hybridized carbons (Fsp3) is 0.667. The molecule has 0 heterocycles. The molecule has 0 atom stereocenters. The number of carbonyl (C=O) groups excluding carboxylic acids is 1. The van der Waals surface area contributed by atoms with E-state index in [4.69, 9.17) is 32.7 Å². The van der Waals surface area contributed by atoms with Crippen LogP contribution in [0.25, 0.3) is 0 Å². The molecule has 3 nitrogen and oxygen atoms in total. The molecule has 0 N–H and O–H groups in total. The second-order valence-corrected chi connectivity index (χ2v) is 14.0. The van der Waals surface area contributed by atoms with Crippen LogP contribution < -0.4 is 0 Å². The molecule has 0 saturated carbocycles. The van der Waals surface area contributed by atoms with E-state index in [0.717, 1.165) is 11.5 Å². The molecule has 100 valence electrons. The maximum atomic E-state index is 11.2. The van der Waals surface area contributed by atoms with Crippen LogP contribution in [0.3, 0.4) is 0 Å². The highest BCUT2D eigenvalue weighted by Crippen LogP contribution is 2.70. The van der Waals surface area contributed by atoms with E-state index in [9.17, 15) is 4.79 Å². The molecule has 0 bridgehead atoms. The van der Waals surface area contributed by atoms with Gasteiger partial charge in [0.05, 0.1) is 6.61 Å². The van der Waals surface area contributed by atoms with Gasteiger partial charge in [0.1, 0.15) is 6.26 Å². The standard InChI is InChI=1S/C9H16ClO3PS3/c1-4-12-9(11)8(10)7-13-14(15,16-5-2)17-6-3/h7H,4-6H2,1-3H3. The van der Waals surface area contributed by atoms with Crippen LogP contribution in [0.15, 0.2) is 11.3 Å². The third-order valence-corrected chi connectivity index (χ3v) is 11.1. The Morgan fingerprint density at radius 2 is 1.88 bits per heavy atom. The first-order valence-corrected chi connectivity index (χ1v) is 11.4. The minimum Gasteiger partial charge on any atom is -0.462 e. The first-order chi connectivity index (χ1) is 7.99. The van der Waals surface area contributed by atoms with Crippen molar-refractivity contribution >= 4 is 56.8 Å². The van der Waals surface area contributed by atoms with Crippen LogP contribution in [-0.2, 0) is 25.9 Å². The molecule has 0 fully saturated rings. The summed E-state index contributed by atoms with van der Waals surface area (Å²) in [7, 11) is 0. The first kappa shape index (κ1) is 17.6. The van der Waals surface area contributed by atoms with Crippen LogP contribution in [0.2, 0.25) is 0 Å². The molecule has 0 aliphatic carbocycles. The summed E-state index contributed by atoms with van der Waals surface area (Å²) in [6.45, 7) is 6.03. The molecule has 0 amide bonds. The number of hydrogen-bond acceptors (Lipinski definition) is 6. The zero-order valence-electron chi connectivity index (χ0n) is 9.97. The Labute approximate surface area is 121 Å². The number of ether oxygens (including phenoxy) is 1. The Morgan fingerprint density at radius 1 is 1.35 bits per heavy atom. The predicted molar refractivity (Wildman–Crippen MR) is 82.2 cm³/mol. The largest absolute Gasteiger partial charge is 0.462 e. The average molecular weight is 335 g/mol. The van der Waals surface area contributed by atoms with Crippen molar-refractivity contribution < 1.29 is 14.1 Å². The summed E-state index contributed by atoms with van der Waals surface area (Å²) in [4.78, 5) is 11.2. The summed E-state index contributed by atoms with van der Waals surface area (Å²) < 4.78 is 8.20. The lowest BCUT2D eigenvalue weighted by Crippen LogP contribution is -2.03. The Balaban J connectivity index is 4.52. The van der Waals surface area contributed by atoms with E-state index in [-0.39, 0.29) is 11.6 Å². The van der Waals surface area contributed by atoms with Gasteiger partial charge in [-0.15, -0.1) is 0 Å². The molecule has 0 saturated heterocycles. The molecule has 0 radical (unpaired) electrons. The number of rotatable bonds is 8. The van der Waals surface area contributed by atoms with Gasteiger partial charge in [-0.1, -0.05) is 48.2 Å². The highest BCUT2D eigenvalue weighted by atomic mass is 35.5. The van der Waals surface area contributed by atoms with Gasteiger partial charge in [-0.2, -0.15) is 0 Å². The van der Waals surface area contributed by atoms with Gasteiger partial charge in [-0.25, -0.2) is 4.79 Å². The Morgan fingerprint density at radius 3 is 2.29 bits per heavy atom. The molecule has 0 unspecified atom stereocenters. The molecule has 0 aromatic heterocycles. The van der Waals surface area contributed by atoms with Crippen molar-refractivity contribution in [3.05, 3.63) is 11.3 Å². The van der Waals surface area contributed by atoms with Crippen molar-refractivity contribution in [1.29, 1.82) is 0 Å². The maximum absolute atomic E-state index is 11.2. The van der Waals surface area contributed by atoms with Crippen molar-refractivity contribution in [3.63, 3.8) is 0 Å². The van der Waals surface area contributed by atoms with E-state index in [1.807, 2.05) is 13.8 Å². The van der Waals surface area contributed by atoms with Crippen LogP contribution in [0.4, 0.5) is 0 Å². The van der Waals surface area contributed by atoms with Gasteiger partial charge in [0.25, 0.3) is 0 Å². The van der Waals surface area contributed by atoms with Crippen molar-refractivity contribution in [3.8, 4) is 0 Å². The van der Waals surface area contributed by atoms with E-state index in [1.165, 1.54) is 6.26 Å². The number of carbonyl (C=O) groups is 1. The van der Waals surface area contributed by atoms with Gasteiger partial charge < -0.3 is 9.26 Å². The molecular weight excluding hydrogens is 319 g/mol. The fourth-order valence-electron chi connectivity index (χ4n) is 0.773. The zero-order chi connectivity index (χ0) is 13.3. The quantitative estimate of drug-likeness (QED) is 0.284. The van der Waals surface area contributed by atoms with Crippen LogP contribution >= 0.6 is 39.0 Å². The van der Waals surface area contributed by atoms with Crippen LogP contribution in [0.5, 0.6) is 0 Å². The van der Waals surface area contributed by atoms with Gasteiger partial charge in [0, 0.05) is 0 Å². The SMILES string of the molecule is CCOC(=O)C(Cl)=COP(=S)(SCC)SCC. The summed E-state index contributed by atoms with van der Waals surface area (Å²) in [6.07, 6.45) is 1.21. The first-order valence-electron chi connectivity index (χ1n) is 5.09. The summed E-state index contributed by atoms with van der Waals surface area (Å²) in [5.41, 5.74) is 0.